The van der Waals surface area contributed by atoms with Gasteiger partial charge in [-0.1, -0.05) is 42.5 Å². The van der Waals surface area contributed by atoms with Crippen LogP contribution < -0.4 is 14.8 Å². The number of pyridine rings is 1. The average molecular weight is 471 g/mol. The van der Waals surface area contributed by atoms with Gasteiger partial charge >= 0.3 is 0 Å². The number of aromatic nitrogens is 1. The van der Waals surface area contributed by atoms with E-state index in [2.05, 4.69) is 29.4 Å². The van der Waals surface area contributed by atoms with Gasteiger partial charge in [0.05, 0.1) is 14.2 Å². The largest absolute Gasteiger partial charge is 0.497 e. The van der Waals surface area contributed by atoms with Gasteiger partial charge in [-0.15, -0.1) is 0 Å². The smallest absolute Gasteiger partial charge is 0.243 e. The highest BCUT2D eigenvalue weighted by atomic mass is 16.5. The Bertz CT molecular complexity index is 1110. The molecule has 0 fully saturated rings. The number of carbonyl (C=O) groups is 1. The minimum atomic E-state index is -0.0988. The van der Waals surface area contributed by atoms with Gasteiger partial charge in [-0.05, 0) is 85.7 Å². The first-order valence-corrected chi connectivity index (χ1v) is 11.9. The molecule has 1 heterocycles. The van der Waals surface area contributed by atoms with E-state index in [0.717, 1.165) is 58.8 Å². The van der Waals surface area contributed by atoms with Crippen molar-refractivity contribution in [3.05, 3.63) is 107 Å². The van der Waals surface area contributed by atoms with Crippen LogP contribution in [0.15, 0.2) is 78.9 Å². The van der Waals surface area contributed by atoms with Crippen LogP contribution in [-0.2, 0) is 11.2 Å². The van der Waals surface area contributed by atoms with E-state index in [0.29, 0.717) is 6.54 Å². The first kappa shape index (κ1) is 25.8. The van der Waals surface area contributed by atoms with Crippen molar-refractivity contribution in [1.29, 1.82) is 0 Å². The highest BCUT2D eigenvalue weighted by Gasteiger charge is 2.06. The maximum Gasteiger partial charge on any atom is 0.243 e. The summed E-state index contributed by atoms with van der Waals surface area (Å²) >= 11 is 0. The first-order chi connectivity index (χ1) is 17.0. The number of nitrogens with one attached hydrogen (secondary N) is 1. The summed E-state index contributed by atoms with van der Waals surface area (Å²) in [5, 5.41) is 2.97. The van der Waals surface area contributed by atoms with Crippen LogP contribution in [-0.4, -0.2) is 31.7 Å². The summed E-state index contributed by atoms with van der Waals surface area (Å²) < 4.78 is 10.6. The zero-order chi connectivity index (χ0) is 25.0. The highest BCUT2D eigenvalue weighted by Crippen LogP contribution is 2.27. The molecule has 1 aromatic heterocycles. The number of hydrogen-bond donors (Lipinski definition) is 1. The summed E-state index contributed by atoms with van der Waals surface area (Å²) in [5.74, 6) is 1.50. The number of methoxy groups -OCH3 is 2. The Hall–Kier alpha value is -3.86. The maximum atomic E-state index is 12.3. The maximum absolute atomic E-state index is 12.3. The molecule has 0 radical (unpaired) electrons. The number of amides is 1. The molecule has 1 N–H and O–H groups in total. The van der Waals surface area contributed by atoms with Gasteiger partial charge in [-0.2, -0.15) is 0 Å². The lowest BCUT2D eigenvalue weighted by Gasteiger charge is -2.10. The quantitative estimate of drug-likeness (QED) is 0.217. The lowest BCUT2D eigenvalue weighted by molar-refractivity contribution is -0.116. The molecule has 1 amide bonds. The zero-order valence-electron chi connectivity index (χ0n) is 21.0. The topological polar surface area (TPSA) is 60.5 Å². The lowest BCUT2D eigenvalue weighted by atomic mass is 9.97. The fourth-order valence-corrected chi connectivity index (χ4v) is 3.82. The molecule has 0 unspecified atom stereocenters. The molecule has 0 aliphatic heterocycles. The molecular weight excluding hydrogens is 436 g/mol. The van der Waals surface area contributed by atoms with Gasteiger partial charge in [0.25, 0.3) is 0 Å². The second-order valence-electron chi connectivity index (χ2n) is 8.34. The first-order valence-electron chi connectivity index (χ1n) is 11.9. The van der Waals surface area contributed by atoms with Crippen molar-refractivity contribution in [2.75, 3.05) is 20.8 Å². The van der Waals surface area contributed by atoms with Crippen LogP contribution in [0.3, 0.4) is 0 Å². The second-order valence-corrected chi connectivity index (χ2v) is 8.34. The number of unbranched alkanes of at least 4 members (excludes halogenated alkanes) is 1. The van der Waals surface area contributed by atoms with Crippen molar-refractivity contribution >= 4 is 11.5 Å². The van der Waals surface area contributed by atoms with E-state index in [1.54, 1.807) is 26.4 Å². The third-order valence-corrected chi connectivity index (χ3v) is 5.82. The third-order valence-electron chi connectivity index (χ3n) is 5.82. The summed E-state index contributed by atoms with van der Waals surface area (Å²) in [6, 6.07) is 19.9. The molecular formula is C30H34N2O3. The molecule has 2 aromatic carbocycles. The SMILES string of the molecule is COc1ccc(C(=C/C=C/C(=O)NCCCCc2ccc(C)nc2C)c2ccc(OC)cc2)cc1. The van der Waals surface area contributed by atoms with Crippen molar-refractivity contribution in [2.45, 2.75) is 33.1 Å². The molecule has 5 heteroatoms. The summed E-state index contributed by atoms with van der Waals surface area (Å²) in [6.07, 6.45) is 8.22. The van der Waals surface area contributed by atoms with Crippen molar-refractivity contribution in [1.82, 2.24) is 10.3 Å². The molecule has 0 spiro atoms. The number of ether oxygens (including phenoxy) is 2. The Morgan fingerprint density at radius 3 is 2.00 bits per heavy atom. The molecule has 35 heavy (non-hydrogen) atoms. The Balaban J connectivity index is 1.58. The number of aryl methyl sites for hydroxylation is 3. The van der Waals surface area contributed by atoms with Crippen molar-refractivity contribution in [3.63, 3.8) is 0 Å². The van der Waals surface area contributed by atoms with E-state index in [1.165, 1.54) is 5.56 Å². The lowest BCUT2D eigenvalue weighted by Crippen LogP contribution is -2.22. The van der Waals surface area contributed by atoms with Gasteiger partial charge in [0.2, 0.25) is 5.91 Å². The van der Waals surface area contributed by atoms with E-state index < -0.39 is 0 Å². The van der Waals surface area contributed by atoms with Crippen molar-refractivity contribution in [2.24, 2.45) is 0 Å². The molecule has 0 atom stereocenters. The van der Waals surface area contributed by atoms with Crippen LogP contribution >= 0.6 is 0 Å². The van der Waals surface area contributed by atoms with E-state index >= 15 is 0 Å². The van der Waals surface area contributed by atoms with Crippen LogP contribution in [0.4, 0.5) is 0 Å². The molecule has 0 aliphatic carbocycles. The minimum Gasteiger partial charge on any atom is -0.497 e. The predicted octanol–water partition coefficient (Wildman–Crippen LogP) is 5.84. The average Bonchev–Trinajstić information content (AvgIpc) is 2.88. The molecule has 0 bridgehead atoms. The van der Waals surface area contributed by atoms with E-state index in [1.807, 2.05) is 61.5 Å². The van der Waals surface area contributed by atoms with Crippen LogP contribution in [0, 0.1) is 13.8 Å². The van der Waals surface area contributed by atoms with Gasteiger partial charge in [0.15, 0.2) is 0 Å². The summed E-state index contributed by atoms with van der Waals surface area (Å²) in [4.78, 5) is 16.8. The highest BCUT2D eigenvalue weighted by molar-refractivity contribution is 5.89. The van der Waals surface area contributed by atoms with E-state index in [-0.39, 0.29) is 5.91 Å². The van der Waals surface area contributed by atoms with Gasteiger partial charge in [0.1, 0.15) is 11.5 Å². The number of hydrogen-bond acceptors (Lipinski definition) is 4. The molecule has 182 valence electrons. The van der Waals surface area contributed by atoms with Crippen molar-refractivity contribution < 1.29 is 14.3 Å². The molecule has 0 saturated heterocycles. The molecule has 0 saturated carbocycles. The number of nitrogens with zero attached hydrogens (tertiary/aromatic N) is 1. The number of carbonyl (C=O) groups excluding carboxylic acids is 1. The predicted molar refractivity (Wildman–Crippen MR) is 142 cm³/mol. The number of allylic oxidation sites excluding steroid dienone is 2. The standard InChI is InChI=1S/C30H34N2O3/c1-22-11-12-24(23(2)32-22)8-5-6-21-31-30(33)10-7-9-29(25-13-17-27(34-3)18-14-25)26-15-19-28(35-4)20-16-26/h7,9-20H,5-6,8,21H2,1-4H3,(H,31,33)/b10-7+. The summed E-state index contributed by atoms with van der Waals surface area (Å²) in [6.45, 7) is 4.70. The van der Waals surface area contributed by atoms with Crippen molar-refractivity contribution in [3.8, 4) is 11.5 Å². The fourth-order valence-electron chi connectivity index (χ4n) is 3.82. The van der Waals surface area contributed by atoms with Crippen LogP contribution in [0.25, 0.3) is 5.57 Å². The second kappa shape index (κ2) is 13.1. The Kier molecular flexibility index (Phi) is 9.67. The Morgan fingerprint density at radius 2 is 1.46 bits per heavy atom. The van der Waals surface area contributed by atoms with Crippen LogP contribution in [0.1, 0.15) is 40.9 Å². The monoisotopic (exact) mass is 470 g/mol. The van der Waals surface area contributed by atoms with E-state index in [4.69, 9.17) is 9.47 Å². The van der Waals surface area contributed by atoms with Crippen LogP contribution in [0.2, 0.25) is 0 Å². The summed E-state index contributed by atoms with van der Waals surface area (Å²) in [7, 11) is 3.30. The van der Waals surface area contributed by atoms with E-state index in [9.17, 15) is 4.79 Å². The Labute approximate surface area is 208 Å². The zero-order valence-corrected chi connectivity index (χ0v) is 21.0. The third kappa shape index (κ3) is 7.85. The molecule has 0 aliphatic rings. The van der Waals surface area contributed by atoms with Gasteiger partial charge in [0, 0.05) is 24.0 Å². The number of rotatable bonds is 11. The molecule has 3 aromatic rings. The van der Waals surface area contributed by atoms with Gasteiger partial charge in [-0.3, -0.25) is 9.78 Å². The fraction of sp³-hybridized carbons (Fsp3) is 0.267. The molecule has 5 nitrogen and oxygen atoms in total. The normalized spacial score (nSPS) is 10.7. The Morgan fingerprint density at radius 1 is 0.857 bits per heavy atom. The summed E-state index contributed by atoms with van der Waals surface area (Å²) in [5.41, 5.74) is 6.47. The van der Waals surface area contributed by atoms with Gasteiger partial charge < -0.3 is 14.8 Å². The minimum absolute atomic E-state index is 0.0988. The van der Waals surface area contributed by atoms with Crippen LogP contribution in [0.5, 0.6) is 11.5 Å². The number of benzene rings is 2. The van der Waals surface area contributed by atoms with Gasteiger partial charge in [-0.25, -0.2) is 0 Å². The molecule has 3 rings (SSSR count).